The van der Waals surface area contributed by atoms with Crippen molar-refractivity contribution in [3.63, 3.8) is 0 Å². The second-order valence-corrected chi connectivity index (χ2v) is 5.17. The van der Waals surface area contributed by atoms with Crippen LogP contribution in [0.4, 0.5) is 11.4 Å². The van der Waals surface area contributed by atoms with Crippen LogP contribution in [0.2, 0.25) is 5.02 Å². The monoisotopic (exact) mass is 278 g/mol. The Hall–Kier alpha value is -1.68. The van der Waals surface area contributed by atoms with Crippen LogP contribution < -0.4 is 10.2 Å². The highest BCUT2D eigenvalue weighted by Gasteiger charge is 2.10. The summed E-state index contributed by atoms with van der Waals surface area (Å²) in [6, 6.07) is 5.89. The molecule has 0 amide bonds. The third-order valence-electron chi connectivity index (χ3n) is 3.24. The fourth-order valence-corrected chi connectivity index (χ4v) is 2.36. The van der Waals surface area contributed by atoms with Crippen LogP contribution in [0, 0.1) is 6.92 Å². The average Bonchev–Trinajstić information content (AvgIpc) is 2.67. The molecule has 0 aliphatic heterocycles. The van der Waals surface area contributed by atoms with Gasteiger partial charge in [0.05, 0.1) is 22.6 Å². The molecular formula is C14H19ClN4. The number of halogens is 1. The van der Waals surface area contributed by atoms with Gasteiger partial charge in [0.25, 0.3) is 0 Å². The lowest BCUT2D eigenvalue weighted by Crippen LogP contribution is -2.13. The van der Waals surface area contributed by atoms with Gasteiger partial charge in [-0.15, -0.1) is 0 Å². The van der Waals surface area contributed by atoms with Gasteiger partial charge in [-0.2, -0.15) is 5.10 Å². The zero-order valence-electron chi connectivity index (χ0n) is 11.7. The molecular weight excluding hydrogens is 260 g/mol. The SMILES string of the molecule is Cc1c(CNc2cccc(Cl)c2N(C)C)cnn1C. The van der Waals surface area contributed by atoms with Gasteiger partial charge in [0, 0.05) is 38.9 Å². The van der Waals surface area contributed by atoms with Crippen LogP contribution in [0.5, 0.6) is 0 Å². The fraction of sp³-hybridized carbons (Fsp3) is 0.357. The lowest BCUT2D eigenvalue weighted by Gasteiger charge is -2.20. The van der Waals surface area contributed by atoms with Crippen molar-refractivity contribution >= 4 is 23.0 Å². The van der Waals surface area contributed by atoms with E-state index in [4.69, 9.17) is 11.6 Å². The number of rotatable bonds is 4. The first-order valence-corrected chi connectivity index (χ1v) is 6.55. The third kappa shape index (κ3) is 2.84. The minimum atomic E-state index is 0.737. The summed E-state index contributed by atoms with van der Waals surface area (Å²) in [7, 11) is 5.92. The predicted octanol–water partition coefficient (Wildman–Crippen LogP) is 3.06. The maximum Gasteiger partial charge on any atom is 0.0786 e. The van der Waals surface area contributed by atoms with Crippen molar-refractivity contribution in [2.75, 3.05) is 24.3 Å². The van der Waals surface area contributed by atoms with Crippen molar-refractivity contribution in [3.8, 4) is 0 Å². The minimum absolute atomic E-state index is 0.737. The molecule has 0 bridgehead atoms. The summed E-state index contributed by atoms with van der Waals surface area (Å²) in [5, 5.41) is 8.42. The molecule has 0 aliphatic carbocycles. The molecule has 0 aliphatic rings. The molecule has 0 unspecified atom stereocenters. The van der Waals surface area contributed by atoms with Gasteiger partial charge in [0.1, 0.15) is 0 Å². The van der Waals surface area contributed by atoms with Gasteiger partial charge in [-0.1, -0.05) is 17.7 Å². The summed E-state index contributed by atoms with van der Waals surface area (Å²) < 4.78 is 1.88. The molecule has 5 heteroatoms. The van der Waals surface area contributed by atoms with Crippen molar-refractivity contribution < 1.29 is 0 Å². The van der Waals surface area contributed by atoms with E-state index >= 15 is 0 Å². The number of anilines is 2. The van der Waals surface area contributed by atoms with Gasteiger partial charge in [0.15, 0.2) is 0 Å². The number of hydrogen-bond donors (Lipinski definition) is 1. The van der Waals surface area contributed by atoms with Gasteiger partial charge in [0.2, 0.25) is 0 Å². The van der Waals surface area contributed by atoms with E-state index in [2.05, 4.69) is 17.3 Å². The number of aryl methyl sites for hydroxylation is 1. The summed E-state index contributed by atoms with van der Waals surface area (Å²) >= 11 is 6.24. The highest BCUT2D eigenvalue weighted by Crippen LogP contribution is 2.32. The van der Waals surface area contributed by atoms with Crippen LogP contribution >= 0.6 is 11.6 Å². The molecule has 1 aromatic heterocycles. The van der Waals surface area contributed by atoms with E-state index in [1.807, 2.05) is 55.1 Å². The quantitative estimate of drug-likeness (QED) is 0.933. The number of nitrogens with one attached hydrogen (secondary N) is 1. The number of nitrogens with zero attached hydrogens (tertiary/aromatic N) is 3. The van der Waals surface area contributed by atoms with Crippen molar-refractivity contribution in [1.29, 1.82) is 0 Å². The van der Waals surface area contributed by atoms with Gasteiger partial charge in [-0.05, 0) is 19.1 Å². The molecule has 4 nitrogen and oxygen atoms in total. The minimum Gasteiger partial charge on any atom is -0.379 e. The van der Waals surface area contributed by atoms with Crippen molar-refractivity contribution in [1.82, 2.24) is 9.78 Å². The van der Waals surface area contributed by atoms with Crippen LogP contribution in [0.1, 0.15) is 11.3 Å². The summed E-state index contributed by atoms with van der Waals surface area (Å²) in [5.74, 6) is 0. The van der Waals surface area contributed by atoms with Gasteiger partial charge < -0.3 is 10.2 Å². The molecule has 0 atom stereocenters. The van der Waals surface area contributed by atoms with Crippen LogP contribution in [-0.2, 0) is 13.6 Å². The van der Waals surface area contributed by atoms with Gasteiger partial charge >= 0.3 is 0 Å². The molecule has 19 heavy (non-hydrogen) atoms. The molecule has 102 valence electrons. The molecule has 0 saturated carbocycles. The van der Waals surface area contributed by atoms with E-state index in [9.17, 15) is 0 Å². The Kier molecular flexibility index (Phi) is 4.00. The summed E-state index contributed by atoms with van der Waals surface area (Å²) in [5.41, 5.74) is 4.39. The molecule has 1 heterocycles. The second-order valence-electron chi connectivity index (χ2n) is 4.76. The Morgan fingerprint density at radius 3 is 2.68 bits per heavy atom. The maximum absolute atomic E-state index is 6.24. The first kappa shape index (κ1) is 13.7. The van der Waals surface area contributed by atoms with E-state index < -0.39 is 0 Å². The molecule has 0 fully saturated rings. The van der Waals surface area contributed by atoms with E-state index in [-0.39, 0.29) is 0 Å². The zero-order valence-corrected chi connectivity index (χ0v) is 12.5. The lowest BCUT2D eigenvalue weighted by atomic mass is 10.2. The molecule has 0 radical (unpaired) electrons. The molecule has 1 aromatic carbocycles. The van der Waals surface area contributed by atoms with Crippen LogP contribution in [0.3, 0.4) is 0 Å². The molecule has 0 saturated heterocycles. The van der Waals surface area contributed by atoms with Gasteiger partial charge in [-0.3, -0.25) is 4.68 Å². The second kappa shape index (κ2) is 5.53. The Bertz CT molecular complexity index is 575. The fourth-order valence-electron chi connectivity index (χ4n) is 2.02. The number of aromatic nitrogens is 2. The highest BCUT2D eigenvalue weighted by atomic mass is 35.5. The van der Waals surface area contributed by atoms with E-state index in [1.54, 1.807) is 0 Å². The topological polar surface area (TPSA) is 33.1 Å². The standard InChI is InChI=1S/C14H19ClN4/c1-10-11(9-17-19(10)4)8-16-13-7-5-6-12(15)14(13)18(2)3/h5-7,9,16H,8H2,1-4H3. The molecule has 0 spiro atoms. The number of para-hydroxylation sites is 1. The first-order chi connectivity index (χ1) is 9.00. The third-order valence-corrected chi connectivity index (χ3v) is 3.55. The average molecular weight is 279 g/mol. The zero-order chi connectivity index (χ0) is 14.0. The number of benzene rings is 1. The van der Waals surface area contributed by atoms with Gasteiger partial charge in [-0.25, -0.2) is 0 Å². The van der Waals surface area contributed by atoms with Crippen molar-refractivity contribution in [3.05, 3.63) is 40.7 Å². The van der Waals surface area contributed by atoms with Crippen LogP contribution in [0.25, 0.3) is 0 Å². The normalized spacial score (nSPS) is 10.6. The van der Waals surface area contributed by atoms with Crippen molar-refractivity contribution in [2.45, 2.75) is 13.5 Å². The van der Waals surface area contributed by atoms with E-state index in [0.29, 0.717) is 0 Å². The summed E-state index contributed by atoms with van der Waals surface area (Å²) in [6.45, 7) is 2.80. The lowest BCUT2D eigenvalue weighted by molar-refractivity contribution is 0.738. The molecule has 2 aromatic rings. The first-order valence-electron chi connectivity index (χ1n) is 6.18. The van der Waals surface area contributed by atoms with E-state index in [1.165, 1.54) is 11.3 Å². The van der Waals surface area contributed by atoms with Crippen LogP contribution in [0.15, 0.2) is 24.4 Å². The summed E-state index contributed by atoms with van der Waals surface area (Å²) in [4.78, 5) is 2.01. The van der Waals surface area contributed by atoms with Crippen molar-refractivity contribution in [2.24, 2.45) is 7.05 Å². The van der Waals surface area contributed by atoms with E-state index in [0.717, 1.165) is 22.9 Å². The maximum atomic E-state index is 6.24. The molecule has 2 rings (SSSR count). The largest absolute Gasteiger partial charge is 0.379 e. The number of hydrogen-bond acceptors (Lipinski definition) is 3. The predicted molar refractivity (Wildman–Crippen MR) is 81.1 cm³/mol. The highest BCUT2D eigenvalue weighted by molar-refractivity contribution is 6.34. The Balaban J connectivity index is 2.20. The Morgan fingerprint density at radius 2 is 2.11 bits per heavy atom. The van der Waals surface area contributed by atoms with Crippen LogP contribution in [-0.4, -0.2) is 23.9 Å². The summed E-state index contributed by atoms with van der Waals surface area (Å²) in [6.07, 6.45) is 1.89. The Labute approximate surface area is 119 Å². The Morgan fingerprint density at radius 1 is 1.37 bits per heavy atom. The smallest absolute Gasteiger partial charge is 0.0786 e. The molecule has 1 N–H and O–H groups in total.